The maximum Gasteiger partial charge on any atom is 0.261 e. The number of amides is 1. The van der Waals surface area contributed by atoms with E-state index in [1.54, 1.807) is 11.1 Å². The molecule has 0 atom stereocenters. The van der Waals surface area contributed by atoms with Crippen LogP contribution in [-0.2, 0) is 6.54 Å². The standard InChI is InChI=1S/C29H19BrN4OS/c30-20-13-14-25-27(16-20)36-29(33-25)34(18-21-10-6-7-15-31-21)28(35)23-17-26(19-8-2-1-3-9-19)32-24-12-5-4-11-22(23)24/h1-17H,18H2. The molecule has 0 radical (unpaired) electrons. The first-order valence-corrected chi connectivity index (χ1v) is 13.0. The molecule has 0 fully saturated rings. The van der Waals surface area contributed by atoms with E-state index >= 15 is 0 Å². The maximum absolute atomic E-state index is 14.3. The van der Waals surface area contributed by atoms with Crippen LogP contribution in [0.3, 0.4) is 0 Å². The Hall–Kier alpha value is -3.94. The minimum absolute atomic E-state index is 0.144. The third-order valence-corrected chi connectivity index (χ3v) is 7.41. The third kappa shape index (κ3) is 4.39. The van der Waals surface area contributed by atoms with Crippen molar-refractivity contribution in [3.05, 3.63) is 119 Å². The Labute approximate surface area is 220 Å². The van der Waals surface area contributed by atoms with E-state index in [1.165, 1.54) is 11.3 Å². The Morgan fingerprint density at radius 1 is 0.833 bits per heavy atom. The first-order valence-electron chi connectivity index (χ1n) is 11.4. The van der Waals surface area contributed by atoms with E-state index in [4.69, 9.17) is 9.97 Å². The Morgan fingerprint density at radius 2 is 1.64 bits per heavy atom. The van der Waals surface area contributed by atoms with Crippen molar-refractivity contribution in [3.8, 4) is 11.3 Å². The highest BCUT2D eigenvalue weighted by Gasteiger charge is 2.25. The average Bonchev–Trinajstić information content (AvgIpc) is 3.34. The smallest absolute Gasteiger partial charge is 0.261 e. The number of thiazole rings is 1. The minimum Gasteiger partial charge on any atom is -0.278 e. The number of hydrogen-bond donors (Lipinski definition) is 0. The molecule has 0 spiro atoms. The van der Waals surface area contributed by atoms with Crippen LogP contribution < -0.4 is 4.90 Å². The van der Waals surface area contributed by atoms with Gasteiger partial charge in [-0.05, 0) is 42.5 Å². The number of benzene rings is 3. The normalized spacial score (nSPS) is 11.1. The SMILES string of the molecule is O=C(c1cc(-c2ccccc2)nc2ccccc12)N(Cc1ccccn1)c1nc2ccc(Br)cc2s1. The lowest BCUT2D eigenvalue weighted by molar-refractivity contribution is 0.0986. The molecular weight excluding hydrogens is 532 g/mol. The van der Waals surface area contributed by atoms with Gasteiger partial charge in [0.15, 0.2) is 5.13 Å². The summed E-state index contributed by atoms with van der Waals surface area (Å²) in [7, 11) is 0. The highest BCUT2D eigenvalue weighted by atomic mass is 79.9. The summed E-state index contributed by atoms with van der Waals surface area (Å²) in [5.74, 6) is -0.144. The molecule has 0 saturated heterocycles. The van der Waals surface area contributed by atoms with Gasteiger partial charge in [0.05, 0.1) is 39.2 Å². The number of nitrogens with zero attached hydrogens (tertiary/aromatic N) is 4. The number of carbonyl (C=O) groups excluding carboxylic acids is 1. The van der Waals surface area contributed by atoms with Gasteiger partial charge in [-0.15, -0.1) is 0 Å². The molecule has 1 amide bonds. The van der Waals surface area contributed by atoms with Crippen molar-refractivity contribution in [2.24, 2.45) is 0 Å². The van der Waals surface area contributed by atoms with Crippen LogP contribution in [-0.4, -0.2) is 20.9 Å². The maximum atomic E-state index is 14.3. The molecule has 0 aliphatic carbocycles. The van der Waals surface area contributed by atoms with E-state index in [1.807, 2.05) is 97.1 Å². The van der Waals surface area contributed by atoms with Gasteiger partial charge in [-0.3, -0.25) is 14.7 Å². The van der Waals surface area contributed by atoms with Crippen molar-refractivity contribution in [1.29, 1.82) is 0 Å². The number of halogens is 1. The van der Waals surface area contributed by atoms with Gasteiger partial charge in [-0.2, -0.15) is 0 Å². The number of hydrogen-bond acceptors (Lipinski definition) is 5. The molecule has 3 aromatic heterocycles. The van der Waals surface area contributed by atoms with Gasteiger partial charge in [0, 0.05) is 21.6 Å². The Balaban J connectivity index is 1.52. The fraction of sp³-hybridized carbons (Fsp3) is 0.0345. The van der Waals surface area contributed by atoms with E-state index in [0.29, 0.717) is 17.2 Å². The highest BCUT2D eigenvalue weighted by molar-refractivity contribution is 9.10. The van der Waals surface area contributed by atoms with Gasteiger partial charge < -0.3 is 0 Å². The molecule has 7 heteroatoms. The first-order chi connectivity index (χ1) is 17.7. The number of carbonyl (C=O) groups is 1. The van der Waals surface area contributed by atoms with Crippen LogP contribution in [0.15, 0.2) is 108 Å². The Morgan fingerprint density at radius 3 is 2.47 bits per heavy atom. The number of rotatable bonds is 5. The molecule has 3 heterocycles. The van der Waals surface area contributed by atoms with Gasteiger partial charge in [0.2, 0.25) is 0 Å². The Bertz CT molecular complexity index is 1700. The van der Waals surface area contributed by atoms with E-state index in [0.717, 1.165) is 42.5 Å². The Kier molecular flexibility index (Phi) is 6.01. The van der Waals surface area contributed by atoms with Gasteiger partial charge in [0.1, 0.15) is 0 Å². The van der Waals surface area contributed by atoms with Gasteiger partial charge in [-0.1, -0.05) is 81.9 Å². The molecule has 0 N–H and O–H groups in total. The highest BCUT2D eigenvalue weighted by Crippen LogP contribution is 2.34. The van der Waals surface area contributed by atoms with Crippen LogP contribution in [0.25, 0.3) is 32.4 Å². The molecule has 0 unspecified atom stereocenters. The number of anilines is 1. The second kappa shape index (κ2) is 9.60. The predicted molar refractivity (Wildman–Crippen MR) is 149 cm³/mol. The second-order valence-corrected chi connectivity index (χ2v) is 10.2. The quantitative estimate of drug-likeness (QED) is 0.223. The van der Waals surface area contributed by atoms with Gasteiger partial charge >= 0.3 is 0 Å². The van der Waals surface area contributed by atoms with Crippen molar-refractivity contribution in [3.63, 3.8) is 0 Å². The zero-order valence-corrected chi connectivity index (χ0v) is 21.4. The summed E-state index contributed by atoms with van der Waals surface area (Å²) in [4.78, 5) is 30.2. The van der Waals surface area contributed by atoms with E-state index in [2.05, 4.69) is 20.9 Å². The molecule has 3 aromatic carbocycles. The summed E-state index contributed by atoms with van der Waals surface area (Å²) >= 11 is 5.03. The molecule has 6 rings (SSSR count). The lowest BCUT2D eigenvalue weighted by Gasteiger charge is -2.21. The minimum atomic E-state index is -0.144. The number of para-hydroxylation sites is 1. The predicted octanol–water partition coefficient (Wildman–Crippen LogP) is 7.52. The topological polar surface area (TPSA) is 59.0 Å². The third-order valence-electron chi connectivity index (χ3n) is 5.88. The zero-order valence-electron chi connectivity index (χ0n) is 19.0. The summed E-state index contributed by atoms with van der Waals surface area (Å²) in [6.07, 6.45) is 1.74. The van der Waals surface area contributed by atoms with Crippen molar-refractivity contribution in [1.82, 2.24) is 15.0 Å². The van der Waals surface area contributed by atoms with Crippen LogP contribution in [0.2, 0.25) is 0 Å². The monoisotopic (exact) mass is 550 g/mol. The van der Waals surface area contributed by atoms with Gasteiger partial charge in [-0.25, -0.2) is 9.97 Å². The lowest BCUT2D eigenvalue weighted by Crippen LogP contribution is -2.31. The molecular formula is C29H19BrN4OS. The van der Waals surface area contributed by atoms with Crippen molar-refractivity contribution in [2.75, 3.05) is 4.90 Å². The van der Waals surface area contributed by atoms with Crippen LogP contribution >= 0.6 is 27.3 Å². The molecule has 0 aliphatic heterocycles. The lowest BCUT2D eigenvalue weighted by atomic mass is 10.0. The summed E-state index contributed by atoms with van der Waals surface area (Å²) < 4.78 is 1.98. The zero-order chi connectivity index (χ0) is 24.5. The summed E-state index contributed by atoms with van der Waals surface area (Å²) in [6.45, 7) is 0.304. The van der Waals surface area contributed by atoms with Crippen molar-refractivity contribution >= 4 is 59.4 Å². The van der Waals surface area contributed by atoms with Crippen LogP contribution in [0, 0.1) is 0 Å². The fourth-order valence-electron chi connectivity index (χ4n) is 4.14. The molecule has 0 aliphatic rings. The second-order valence-electron chi connectivity index (χ2n) is 8.26. The summed E-state index contributed by atoms with van der Waals surface area (Å²) in [5.41, 5.74) is 4.70. The van der Waals surface area contributed by atoms with Crippen molar-refractivity contribution < 1.29 is 4.79 Å². The van der Waals surface area contributed by atoms with Crippen LogP contribution in [0.5, 0.6) is 0 Å². The van der Waals surface area contributed by atoms with Gasteiger partial charge in [0.25, 0.3) is 5.91 Å². The van der Waals surface area contributed by atoms with Crippen LogP contribution in [0.4, 0.5) is 5.13 Å². The number of pyridine rings is 2. The fourth-order valence-corrected chi connectivity index (χ4v) is 5.65. The van der Waals surface area contributed by atoms with E-state index in [-0.39, 0.29) is 5.91 Å². The van der Waals surface area contributed by atoms with Crippen molar-refractivity contribution in [2.45, 2.75) is 6.54 Å². The largest absolute Gasteiger partial charge is 0.278 e. The molecule has 0 bridgehead atoms. The molecule has 5 nitrogen and oxygen atoms in total. The molecule has 6 aromatic rings. The summed E-state index contributed by atoms with van der Waals surface area (Å²) in [5, 5.41) is 1.43. The number of aromatic nitrogens is 3. The number of fused-ring (bicyclic) bond motifs is 2. The first kappa shape index (κ1) is 22.5. The molecule has 0 saturated carbocycles. The summed E-state index contributed by atoms with van der Waals surface area (Å²) in [6, 6.07) is 31.2. The van der Waals surface area contributed by atoms with E-state index < -0.39 is 0 Å². The van der Waals surface area contributed by atoms with Crippen LogP contribution in [0.1, 0.15) is 16.1 Å². The molecule has 36 heavy (non-hydrogen) atoms. The van der Waals surface area contributed by atoms with E-state index in [9.17, 15) is 4.79 Å². The average molecular weight is 551 g/mol. The molecule has 174 valence electrons.